The van der Waals surface area contributed by atoms with Crippen LogP contribution in [0.3, 0.4) is 0 Å². The molecule has 1 amide bonds. The van der Waals surface area contributed by atoms with E-state index >= 15 is 0 Å². The molecule has 1 aromatic rings. The van der Waals surface area contributed by atoms with Crippen LogP contribution in [-0.2, 0) is 21.1 Å². The Kier molecular flexibility index (Phi) is 6.66. The number of sulfone groups is 1. The number of para-hydroxylation sites is 1. The lowest BCUT2D eigenvalue weighted by Gasteiger charge is -2.20. The maximum Gasteiger partial charge on any atom is 0.246 e. The number of halogens is 1. The van der Waals surface area contributed by atoms with Crippen LogP contribution in [-0.4, -0.2) is 58.0 Å². The molecule has 2 aliphatic rings. The largest absolute Gasteiger partial charge is 0.353 e. The molecule has 0 bridgehead atoms. The van der Waals surface area contributed by atoms with Gasteiger partial charge in [0, 0.05) is 25.3 Å². The molecule has 25 heavy (non-hydrogen) atoms. The fourth-order valence-electron chi connectivity index (χ4n) is 3.15. The minimum Gasteiger partial charge on any atom is -0.353 e. The van der Waals surface area contributed by atoms with Gasteiger partial charge in [-0.15, -0.1) is 24.0 Å². The molecule has 9 heteroatoms. The van der Waals surface area contributed by atoms with Crippen molar-refractivity contribution in [2.75, 3.05) is 36.5 Å². The van der Waals surface area contributed by atoms with Crippen molar-refractivity contribution < 1.29 is 13.2 Å². The normalized spacial score (nSPS) is 21.4. The number of nitrogens with one attached hydrogen (secondary N) is 2. The standard InChI is InChI=1S/C16H22N4O3S.HI/c1-17-16(19-13-7-9-24(22,23)11-13)18-10-15(21)20-8-6-12-4-2-3-5-14(12)20;/h2-5,13H,6-11H2,1H3,(H2,17,18,19);1H. The lowest BCUT2D eigenvalue weighted by molar-refractivity contribution is -0.117. The molecule has 7 nitrogen and oxygen atoms in total. The number of rotatable bonds is 3. The highest BCUT2D eigenvalue weighted by molar-refractivity contribution is 14.0. The van der Waals surface area contributed by atoms with E-state index in [9.17, 15) is 13.2 Å². The Morgan fingerprint density at radius 1 is 1.36 bits per heavy atom. The van der Waals surface area contributed by atoms with E-state index in [1.54, 1.807) is 11.9 Å². The van der Waals surface area contributed by atoms with Gasteiger partial charge in [-0.25, -0.2) is 8.42 Å². The Labute approximate surface area is 165 Å². The van der Waals surface area contributed by atoms with Crippen molar-refractivity contribution in [2.45, 2.75) is 18.9 Å². The molecule has 0 spiro atoms. The predicted molar refractivity (Wildman–Crippen MR) is 109 cm³/mol. The van der Waals surface area contributed by atoms with E-state index in [4.69, 9.17) is 0 Å². The first-order valence-corrected chi connectivity index (χ1v) is 9.86. The maximum atomic E-state index is 12.5. The van der Waals surface area contributed by atoms with Crippen LogP contribution < -0.4 is 15.5 Å². The number of fused-ring (bicyclic) bond motifs is 1. The van der Waals surface area contributed by atoms with Crippen molar-refractivity contribution in [3.05, 3.63) is 29.8 Å². The van der Waals surface area contributed by atoms with Gasteiger partial charge in [0.25, 0.3) is 0 Å². The van der Waals surface area contributed by atoms with Crippen LogP contribution in [0.1, 0.15) is 12.0 Å². The third-order valence-corrected chi connectivity index (χ3v) is 6.16. The summed E-state index contributed by atoms with van der Waals surface area (Å²) >= 11 is 0. The van der Waals surface area contributed by atoms with E-state index in [1.807, 2.05) is 24.3 Å². The third kappa shape index (κ3) is 4.84. The second-order valence-corrected chi connectivity index (χ2v) is 8.32. The van der Waals surface area contributed by atoms with Crippen LogP contribution in [0, 0.1) is 0 Å². The van der Waals surface area contributed by atoms with Gasteiger partial charge in [0.1, 0.15) is 0 Å². The summed E-state index contributed by atoms with van der Waals surface area (Å²) in [5.74, 6) is 0.742. The highest BCUT2D eigenvalue weighted by atomic mass is 127. The molecule has 3 rings (SSSR count). The summed E-state index contributed by atoms with van der Waals surface area (Å²) in [4.78, 5) is 18.3. The smallest absolute Gasteiger partial charge is 0.246 e. The average molecular weight is 478 g/mol. The minimum atomic E-state index is -2.95. The van der Waals surface area contributed by atoms with Crippen molar-refractivity contribution in [3.8, 4) is 0 Å². The van der Waals surface area contributed by atoms with Crippen molar-refractivity contribution in [2.24, 2.45) is 4.99 Å². The SMILES string of the molecule is CN=C(NCC(=O)N1CCc2ccccc21)NC1CCS(=O)(=O)C1.I. The summed E-state index contributed by atoms with van der Waals surface area (Å²) in [5.41, 5.74) is 2.15. The van der Waals surface area contributed by atoms with Crippen molar-refractivity contribution in [1.29, 1.82) is 0 Å². The molecule has 1 saturated heterocycles. The van der Waals surface area contributed by atoms with Gasteiger partial charge in [0.2, 0.25) is 5.91 Å². The van der Waals surface area contributed by atoms with E-state index in [0.717, 1.165) is 12.1 Å². The molecule has 2 heterocycles. The first kappa shape index (κ1) is 20.0. The summed E-state index contributed by atoms with van der Waals surface area (Å²) in [6.07, 6.45) is 1.44. The van der Waals surface area contributed by atoms with E-state index in [0.29, 0.717) is 18.9 Å². The minimum absolute atomic E-state index is 0. The van der Waals surface area contributed by atoms with Gasteiger partial charge >= 0.3 is 0 Å². The van der Waals surface area contributed by atoms with E-state index in [2.05, 4.69) is 15.6 Å². The van der Waals surface area contributed by atoms with Gasteiger partial charge in [-0.05, 0) is 24.5 Å². The Hall–Kier alpha value is -1.36. The molecule has 0 radical (unpaired) electrons. The van der Waals surface area contributed by atoms with Crippen LogP contribution in [0.15, 0.2) is 29.3 Å². The van der Waals surface area contributed by atoms with E-state index in [-0.39, 0.29) is 54.0 Å². The number of aliphatic imine (C=N–C) groups is 1. The van der Waals surface area contributed by atoms with Gasteiger partial charge in [-0.1, -0.05) is 18.2 Å². The molecular formula is C16H23IN4O3S. The van der Waals surface area contributed by atoms with Crippen LogP contribution in [0.25, 0.3) is 0 Å². The summed E-state index contributed by atoms with van der Waals surface area (Å²) in [7, 11) is -1.34. The number of carbonyl (C=O) groups is 1. The zero-order chi connectivity index (χ0) is 17.2. The Morgan fingerprint density at radius 2 is 2.12 bits per heavy atom. The Morgan fingerprint density at radius 3 is 2.80 bits per heavy atom. The molecule has 1 fully saturated rings. The zero-order valence-corrected chi connectivity index (χ0v) is 17.2. The maximum absolute atomic E-state index is 12.5. The Bertz CT molecular complexity index is 766. The highest BCUT2D eigenvalue weighted by Gasteiger charge is 2.29. The number of benzene rings is 1. The molecule has 1 atom stereocenters. The summed E-state index contributed by atoms with van der Waals surface area (Å²) in [5, 5.41) is 6.06. The molecule has 2 aliphatic heterocycles. The van der Waals surface area contributed by atoms with Gasteiger partial charge in [0.15, 0.2) is 15.8 Å². The van der Waals surface area contributed by atoms with Crippen LogP contribution in [0.4, 0.5) is 5.69 Å². The number of amides is 1. The number of hydrogen-bond acceptors (Lipinski definition) is 4. The summed E-state index contributed by atoms with van der Waals surface area (Å²) in [6.45, 7) is 0.806. The second-order valence-electron chi connectivity index (χ2n) is 6.09. The molecule has 2 N–H and O–H groups in total. The first-order valence-electron chi connectivity index (χ1n) is 8.04. The number of carbonyl (C=O) groups excluding carboxylic acids is 1. The highest BCUT2D eigenvalue weighted by Crippen LogP contribution is 2.27. The summed E-state index contributed by atoms with van der Waals surface area (Å²) < 4.78 is 23.0. The van der Waals surface area contributed by atoms with E-state index < -0.39 is 9.84 Å². The van der Waals surface area contributed by atoms with Gasteiger partial charge in [-0.2, -0.15) is 0 Å². The number of hydrogen-bond donors (Lipinski definition) is 2. The fourth-order valence-corrected chi connectivity index (χ4v) is 4.82. The van der Waals surface area contributed by atoms with Crippen LogP contribution >= 0.6 is 24.0 Å². The number of nitrogens with zero attached hydrogens (tertiary/aromatic N) is 2. The first-order chi connectivity index (χ1) is 11.5. The van der Waals surface area contributed by atoms with Gasteiger partial charge in [0.05, 0.1) is 18.1 Å². The van der Waals surface area contributed by atoms with Crippen LogP contribution in [0.2, 0.25) is 0 Å². The fraction of sp³-hybridized carbons (Fsp3) is 0.500. The average Bonchev–Trinajstić information content (AvgIpc) is 3.14. The topological polar surface area (TPSA) is 90.9 Å². The van der Waals surface area contributed by atoms with Crippen molar-refractivity contribution in [1.82, 2.24) is 10.6 Å². The Balaban J connectivity index is 0.00000225. The molecular weight excluding hydrogens is 455 g/mol. The molecule has 0 saturated carbocycles. The van der Waals surface area contributed by atoms with Crippen LogP contribution in [0.5, 0.6) is 0 Å². The number of anilines is 1. The van der Waals surface area contributed by atoms with Gasteiger partial charge in [-0.3, -0.25) is 9.79 Å². The monoisotopic (exact) mass is 478 g/mol. The van der Waals surface area contributed by atoms with Crippen molar-refractivity contribution >= 4 is 51.4 Å². The molecule has 0 aliphatic carbocycles. The molecule has 1 unspecified atom stereocenters. The second kappa shape index (κ2) is 8.35. The summed E-state index contributed by atoms with van der Waals surface area (Å²) in [6, 6.07) is 7.75. The lowest BCUT2D eigenvalue weighted by atomic mass is 10.2. The quantitative estimate of drug-likeness (QED) is 0.376. The zero-order valence-electron chi connectivity index (χ0n) is 14.1. The number of guanidine groups is 1. The molecule has 0 aromatic heterocycles. The van der Waals surface area contributed by atoms with E-state index in [1.165, 1.54) is 5.56 Å². The molecule has 1 aromatic carbocycles. The van der Waals surface area contributed by atoms with Gasteiger partial charge < -0.3 is 15.5 Å². The lowest BCUT2D eigenvalue weighted by Crippen LogP contribution is -2.47. The predicted octanol–water partition coefficient (Wildman–Crippen LogP) is 0.546. The van der Waals surface area contributed by atoms with Crippen molar-refractivity contribution in [3.63, 3.8) is 0 Å². The third-order valence-electron chi connectivity index (χ3n) is 4.39. The molecule has 138 valence electrons.